The number of methoxy groups -OCH3 is 1. The van der Waals surface area contributed by atoms with Crippen LogP contribution in [0.1, 0.15) is 37.8 Å². The van der Waals surface area contributed by atoms with Gasteiger partial charge in [0.1, 0.15) is 11.8 Å². The highest BCUT2D eigenvalue weighted by molar-refractivity contribution is 6.30. The normalized spacial score (nSPS) is 11.6. The van der Waals surface area contributed by atoms with Crippen molar-refractivity contribution in [3.63, 3.8) is 0 Å². The fraction of sp³-hybridized carbons (Fsp3) is 0.391. The van der Waals surface area contributed by atoms with Crippen LogP contribution in [-0.2, 0) is 22.6 Å². The summed E-state index contributed by atoms with van der Waals surface area (Å²) < 4.78 is 5.30. The average molecular weight is 417 g/mol. The number of halogens is 1. The molecule has 2 rings (SSSR count). The fourth-order valence-corrected chi connectivity index (χ4v) is 3.39. The van der Waals surface area contributed by atoms with Gasteiger partial charge in [-0.15, -0.1) is 0 Å². The molecule has 0 heterocycles. The van der Waals surface area contributed by atoms with Crippen molar-refractivity contribution < 1.29 is 14.3 Å². The SMILES string of the molecule is CCCNC(=O)C(CC)N(Cc1cccc(OC)c1)C(=O)Cc1cccc(Cl)c1. The summed E-state index contributed by atoms with van der Waals surface area (Å²) in [6.45, 7) is 4.83. The van der Waals surface area contributed by atoms with Crippen molar-refractivity contribution in [3.05, 3.63) is 64.7 Å². The monoisotopic (exact) mass is 416 g/mol. The van der Waals surface area contributed by atoms with E-state index in [4.69, 9.17) is 16.3 Å². The smallest absolute Gasteiger partial charge is 0.242 e. The Morgan fingerprint density at radius 3 is 2.48 bits per heavy atom. The Hall–Kier alpha value is -2.53. The highest BCUT2D eigenvalue weighted by atomic mass is 35.5. The molecule has 1 atom stereocenters. The van der Waals surface area contributed by atoms with Crippen LogP contribution in [0.5, 0.6) is 5.75 Å². The number of nitrogens with one attached hydrogen (secondary N) is 1. The van der Waals surface area contributed by atoms with E-state index >= 15 is 0 Å². The molecule has 5 nitrogen and oxygen atoms in total. The molecule has 2 aromatic carbocycles. The van der Waals surface area contributed by atoms with Gasteiger partial charge < -0.3 is 15.0 Å². The van der Waals surface area contributed by atoms with Crippen molar-refractivity contribution in [1.29, 1.82) is 0 Å². The van der Waals surface area contributed by atoms with Crippen LogP contribution in [0.15, 0.2) is 48.5 Å². The number of carbonyl (C=O) groups is 2. The molecule has 2 amide bonds. The molecule has 0 fully saturated rings. The van der Waals surface area contributed by atoms with Crippen LogP contribution in [0, 0.1) is 0 Å². The lowest BCUT2D eigenvalue weighted by Gasteiger charge is -2.31. The van der Waals surface area contributed by atoms with Crippen LogP contribution in [0.4, 0.5) is 0 Å². The number of benzene rings is 2. The number of amides is 2. The maximum absolute atomic E-state index is 13.2. The summed E-state index contributed by atoms with van der Waals surface area (Å²) in [6.07, 6.45) is 1.55. The lowest BCUT2D eigenvalue weighted by atomic mass is 10.1. The van der Waals surface area contributed by atoms with E-state index in [1.807, 2.05) is 50.2 Å². The van der Waals surface area contributed by atoms with Crippen molar-refractivity contribution in [3.8, 4) is 5.75 Å². The van der Waals surface area contributed by atoms with Gasteiger partial charge in [-0.25, -0.2) is 0 Å². The quantitative estimate of drug-likeness (QED) is 0.630. The number of hydrogen-bond acceptors (Lipinski definition) is 3. The third kappa shape index (κ3) is 6.79. The van der Waals surface area contributed by atoms with Crippen LogP contribution >= 0.6 is 11.6 Å². The van der Waals surface area contributed by atoms with E-state index in [2.05, 4.69) is 5.32 Å². The summed E-state index contributed by atoms with van der Waals surface area (Å²) in [5.41, 5.74) is 1.73. The summed E-state index contributed by atoms with van der Waals surface area (Å²) in [4.78, 5) is 27.6. The van der Waals surface area contributed by atoms with E-state index in [1.165, 1.54) is 0 Å². The van der Waals surface area contributed by atoms with Crippen molar-refractivity contribution >= 4 is 23.4 Å². The molecule has 2 aromatic rings. The Morgan fingerprint density at radius 1 is 1.10 bits per heavy atom. The molecule has 0 aliphatic heterocycles. The van der Waals surface area contributed by atoms with Gasteiger partial charge in [0.25, 0.3) is 0 Å². The summed E-state index contributed by atoms with van der Waals surface area (Å²) in [6, 6.07) is 14.2. The molecular weight excluding hydrogens is 388 g/mol. The van der Waals surface area contributed by atoms with Crippen LogP contribution in [0.3, 0.4) is 0 Å². The molecular formula is C23H29ClN2O3. The van der Waals surface area contributed by atoms with Gasteiger partial charge in [-0.3, -0.25) is 9.59 Å². The van der Waals surface area contributed by atoms with Crippen LogP contribution in [-0.4, -0.2) is 36.4 Å². The molecule has 29 heavy (non-hydrogen) atoms. The van der Waals surface area contributed by atoms with Gasteiger partial charge in [0.05, 0.1) is 13.5 Å². The van der Waals surface area contributed by atoms with E-state index in [0.29, 0.717) is 30.3 Å². The van der Waals surface area contributed by atoms with E-state index in [9.17, 15) is 9.59 Å². The summed E-state index contributed by atoms with van der Waals surface area (Å²) in [5, 5.41) is 3.51. The molecule has 0 aromatic heterocycles. The Labute approximate surface area is 178 Å². The van der Waals surface area contributed by atoms with Crippen molar-refractivity contribution in [2.24, 2.45) is 0 Å². The Balaban J connectivity index is 2.29. The summed E-state index contributed by atoms with van der Waals surface area (Å²) >= 11 is 6.07. The molecule has 0 aliphatic carbocycles. The average Bonchev–Trinajstić information content (AvgIpc) is 2.72. The predicted octanol–water partition coefficient (Wildman–Crippen LogP) is 4.22. The van der Waals surface area contributed by atoms with Gasteiger partial charge in [-0.1, -0.05) is 49.7 Å². The van der Waals surface area contributed by atoms with Crippen LogP contribution in [0.25, 0.3) is 0 Å². The van der Waals surface area contributed by atoms with Gasteiger partial charge in [0, 0.05) is 18.1 Å². The molecule has 156 valence electrons. The first-order valence-electron chi connectivity index (χ1n) is 9.93. The zero-order chi connectivity index (χ0) is 21.2. The highest BCUT2D eigenvalue weighted by Gasteiger charge is 2.28. The number of carbonyl (C=O) groups excluding carboxylic acids is 2. The van der Waals surface area contributed by atoms with E-state index < -0.39 is 6.04 Å². The molecule has 1 N–H and O–H groups in total. The Kier molecular flexibility index (Phi) is 9.00. The third-order valence-electron chi connectivity index (χ3n) is 4.67. The number of nitrogens with zero attached hydrogens (tertiary/aromatic N) is 1. The molecule has 6 heteroatoms. The Bertz CT molecular complexity index is 825. The number of hydrogen-bond donors (Lipinski definition) is 1. The summed E-state index contributed by atoms with van der Waals surface area (Å²) in [7, 11) is 1.61. The van der Waals surface area contributed by atoms with Gasteiger partial charge in [0.2, 0.25) is 11.8 Å². The third-order valence-corrected chi connectivity index (χ3v) is 4.90. The van der Waals surface area contributed by atoms with Gasteiger partial charge in [-0.2, -0.15) is 0 Å². The van der Waals surface area contributed by atoms with Crippen LogP contribution in [0.2, 0.25) is 5.02 Å². The zero-order valence-electron chi connectivity index (χ0n) is 17.3. The van der Waals surface area contributed by atoms with E-state index in [0.717, 1.165) is 17.5 Å². The topological polar surface area (TPSA) is 58.6 Å². The summed E-state index contributed by atoms with van der Waals surface area (Å²) in [5.74, 6) is 0.471. The first-order chi connectivity index (χ1) is 14.0. The zero-order valence-corrected chi connectivity index (χ0v) is 18.0. The lowest BCUT2D eigenvalue weighted by Crippen LogP contribution is -2.49. The van der Waals surface area contributed by atoms with Crippen molar-refractivity contribution in [1.82, 2.24) is 10.2 Å². The molecule has 0 bridgehead atoms. The molecule has 0 saturated carbocycles. The van der Waals surface area contributed by atoms with Gasteiger partial charge >= 0.3 is 0 Å². The van der Waals surface area contributed by atoms with Crippen molar-refractivity contribution in [2.75, 3.05) is 13.7 Å². The minimum absolute atomic E-state index is 0.117. The maximum atomic E-state index is 13.2. The van der Waals surface area contributed by atoms with E-state index in [-0.39, 0.29) is 18.2 Å². The second-order valence-corrected chi connectivity index (χ2v) is 7.33. The van der Waals surface area contributed by atoms with E-state index in [1.54, 1.807) is 24.1 Å². The highest BCUT2D eigenvalue weighted by Crippen LogP contribution is 2.19. The Morgan fingerprint density at radius 2 is 1.83 bits per heavy atom. The molecule has 1 unspecified atom stereocenters. The van der Waals surface area contributed by atoms with Crippen molar-refractivity contribution in [2.45, 2.75) is 45.7 Å². The van der Waals surface area contributed by atoms with Gasteiger partial charge in [-0.05, 0) is 48.2 Å². The largest absolute Gasteiger partial charge is 0.497 e. The second-order valence-electron chi connectivity index (χ2n) is 6.89. The number of ether oxygens (including phenoxy) is 1. The second kappa shape index (κ2) is 11.5. The minimum Gasteiger partial charge on any atom is -0.497 e. The maximum Gasteiger partial charge on any atom is 0.242 e. The molecule has 0 aliphatic rings. The predicted molar refractivity (Wildman–Crippen MR) is 116 cm³/mol. The first-order valence-corrected chi connectivity index (χ1v) is 10.3. The lowest BCUT2D eigenvalue weighted by molar-refractivity contribution is -0.140. The molecule has 0 radical (unpaired) electrons. The molecule has 0 saturated heterocycles. The first kappa shape index (κ1) is 22.8. The van der Waals surface area contributed by atoms with Crippen LogP contribution < -0.4 is 10.1 Å². The van der Waals surface area contributed by atoms with Gasteiger partial charge in [0.15, 0.2) is 0 Å². The number of rotatable bonds is 10. The standard InChI is InChI=1S/C23H29ClN2O3/c1-4-12-25-23(28)21(5-2)26(16-18-9-7-11-20(14-18)29-3)22(27)15-17-8-6-10-19(24)13-17/h6-11,13-14,21H,4-5,12,15-16H2,1-3H3,(H,25,28). The molecule has 0 spiro atoms. The fourth-order valence-electron chi connectivity index (χ4n) is 3.18. The minimum atomic E-state index is -0.542.